The molecule has 0 bridgehead atoms. The topological polar surface area (TPSA) is 55.4 Å². The Bertz CT molecular complexity index is 467. The van der Waals surface area contributed by atoms with Gasteiger partial charge in [0.25, 0.3) is 0 Å². The van der Waals surface area contributed by atoms with Gasteiger partial charge < -0.3 is 10.1 Å². The van der Waals surface area contributed by atoms with E-state index in [1.165, 1.54) is 5.56 Å². The SMILES string of the molecule is CNCc1ccc(OC2CCS(=O)(=O)C2)cc1. The molecule has 0 spiro atoms. The molecule has 0 saturated carbocycles. The van der Waals surface area contributed by atoms with Crippen molar-refractivity contribution < 1.29 is 13.2 Å². The molecule has 0 radical (unpaired) electrons. The Hall–Kier alpha value is -1.07. The van der Waals surface area contributed by atoms with E-state index in [-0.39, 0.29) is 17.6 Å². The van der Waals surface area contributed by atoms with Crippen molar-refractivity contribution in [1.29, 1.82) is 0 Å². The molecule has 0 aliphatic carbocycles. The molecule has 2 rings (SSSR count). The summed E-state index contributed by atoms with van der Waals surface area (Å²) in [6, 6.07) is 7.74. The first-order valence-corrected chi connectivity index (χ1v) is 7.52. The van der Waals surface area contributed by atoms with Crippen LogP contribution in [0.1, 0.15) is 12.0 Å². The highest BCUT2D eigenvalue weighted by Crippen LogP contribution is 2.20. The van der Waals surface area contributed by atoms with Gasteiger partial charge in [-0.2, -0.15) is 0 Å². The number of hydrogen-bond acceptors (Lipinski definition) is 4. The van der Waals surface area contributed by atoms with Crippen LogP contribution in [0.4, 0.5) is 0 Å². The van der Waals surface area contributed by atoms with Crippen LogP contribution in [0.3, 0.4) is 0 Å². The fourth-order valence-electron chi connectivity index (χ4n) is 1.94. The summed E-state index contributed by atoms with van der Waals surface area (Å²) < 4.78 is 28.2. The Kier molecular flexibility index (Phi) is 3.69. The second kappa shape index (κ2) is 5.06. The molecule has 1 aromatic carbocycles. The summed E-state index contributed by atoms with van der Waals surface area (Å²) in [5, 5.41) is 3.07. The van der Waals surface area contributed by atoms with E-state index in [4.69, 9.17) is 4.74 Å². The highest BCUT2D eigenvalue weighted by Gasteiger charge is 2.29. The van der Waals surface area contributed by atoms with Gasteiger partial charge in [-0.05, 0) is 31.2 Å². The molecule has 1 aliphatic rings. The van der Waals surface area contributed by atoms with Gasteiger partial charge in [-0.15, -0.1) is 0 Å². The quantitative estimate of drug-likeness (QED) is 0.871. The summed E-state index contributed by atoms with van der Waals surface area (Å²) in [5.74, 6) is 1.13. The molecule has 1 fully saturated rings. The minimum atomic E-state index is -2.87. The second-order valence-corrected chi connectivity index (χ2v) is 6.55. The first-order chi connectivity index (χ1) is 8.09. The van der Waals surface area contributed by atoms with Gasteiger partial charge >= 0.3 is 0 Å². The van der Waals surface area contributed by atoms with Crippen molar-refractivity contribution in [3.8, 4) is 5.75 Å². The maximum absolute atomic E-state index is 11.3. The molecular weight excluding hydrogens is 238 g/mol. The highest BCUT2D eigenvalue weighted by atomic mass is 32.2. The molecule has 1 aliphatic heterocycles. The fraction of sp³-hybridized carbons (Fsp3) is 0.500. The zero-order chi connectivity index (χ0) is 12.3. The van der Waals surface area contributed by atoms with Gasteiger partial charge in [0.1, 0.15) is 11.9 Å². The Morgan fingerprint density at radius 2 is 2.06 bits per heavy atom. The van der Waals surface area contributed by atoms with Crippen molar-refractivity contribution in [2.24, 2.45) is 0 Å². The summed E-state index contributed by atoms with van der Waals surface area (Å²) in [4.78, 5) is 0. The van der Waals surface area contributed by atoms with Crippen molar-refractivity contribution in [2.45, 2.75) is 19.1 Å². The van der Waals surface area contributed by atoms with Gasteiger partial charge in [0.15, 0.2) is 9.84 Å². The van der Waals surface area contributed by atoms with Crippen LogP contribution >= 0.6 is 0 Å². The minimum absolute atomic E-state index is 0.144. The van der Waals surface area contributed by atoms with Crippen LogP contribution in [-0.4, -0.2) is 33.1 Å². The van der Waals surface area contributed by atoms with E-state index < -0.39 is 9.84 Å². The maximum Gasteiger partial charge on any atom is 0.154 e. The van der Waals surface area contributed by atoms with Crippen molar-refractivity contribution in [3.05, 3.63) is 29.8 Å². The minimum Gasteiger partial charge on any atom is -0.489 e. The van der Waals surface area contributed by atoms with Crippen LogP contribution in [-0.2, 0) is 16.4 Å². The van der Waals surface area contributed by atoms with Crippen molar-refractivity contribution >= 4 is 9.84 Å². The smallest absolute Gasteiger partial charge is 0.154 e. The molecule has 5 heteroatoms. The van der Waals surface area contributed by atoms with Gasteiger partial charge in [-0.3, -0.25) is 0 Å². The molecule has 1 heterocycles. The van der Waals surface area contributed by atoms with Crippen molar-refractivity contribution in [2.75, 3.05) is 18.6 Å². The Labute approximate surface area is 102 Å². The van der Waals surface area contributed by atoms with E-state index in [0.717, 1.165) is 12.3 Å². The Morgan fingerprint density at radius 1 is 1.35 bits per heavy atom. The summed E-state index contributed by atoms with van der Waals surface area (Å²) in [6.07, 6.45) is 0.413. The zero-order valence-electron chi connectivity index (χ0n) is 9.85. The summed E-state index contributed by atoms with van der Waals surface area (Å²) >= 11 is 0. The van der Waals surface area contributed by atoms with Crippen molar-refractivity contribution in [3.63, 3.8) is 0 Å². The van der Waals surface area contributed by atoms with Gasteiger partial charge in [-0.1, -0.05) is 12.1 Å². The first-order valence-electron chi connectivity index (χ1n) is 5.70. The molecule has 1 aromatic rings. The Balaban J connectivity index is 1.95. The van der Waals surface area contributed by atoms with E-state index in [1.807, 2.05) is 31.3 Å². The Morgan fingerprint density at radius 3 is 2.59 bits per heavy atom. The van der Waals surface area contributed by atoms with E-state index in [0.29, 0.717) is 6.42 Å². The first kappa shape index (κ1) is 12.4. The largest absolute Gasteiger partial charge is 0.489 e. The normalized spacial score (nSPS) is 22.5. The highest BCUT2D eigenvalue weighted by molar-refractivity contribution is 7.91. The number of sulfone groups is 1. The number of hydrogen-bond donors (Lipinski definition) is 1. The molecule has 1 N–H and O–H groups in total. The van der Waals surface area contributed by atoms with E-state index in [9.17, 15) is 8.42 Å². The molecule has 1 saturated heterocycles. The third kappa shape index (κ3) is 3.44. The van der Waals surface area contributed by atoms with Crippen molar-refractivity contribution in [1.82, 2.24) is 5.32 Å². The zero-order valence-corrected chi connectivity index (χ0v) is 10.7. The molecule has 1 unspecified atom stereocenters. The summed E-state index contributed by atoms with van der Waals surface area (Å²) in [7, 11) is -0.971. The average molecular weight is 255 g/mol. The van der Waals surface area contributed by atoms with Crippen LogP contribution in [0.25, 0.3) is 0 Å². The molecule has 1 atom stereocenters. The number of ether oxygens (including phenoxy) is 1. The van der Waals surface area contributed by atoms with Crippen LogP contribution in [0.5, 0.6) is 5.75 Å². The second-order valence-electron chi connectivity index (χ2n) is 4.32. The lowest BCUT2D eigenvalue weighted by atomic mass is 10.2. The third-order valence-corrected chi connectivity index (χ3v) is 4.54. The van der Waals surface area contributed by atoms with Gasteiger partial charge in [0.2, 0.25) is 0 Å². The third-order valence-electron chi connectivity index (χ3n) is 2.80. The predicted octanol–water partition coefficient (Wildman–Crippen LogP) is 0.972. The molecule has 0 amide bonds. The van der Waals surface area contributed by atoms with E-state index in [2.05, 4.69) is 5.32 Å². The number of nitrogens with one attached hydrogen (secondary N) is 1. The lowest BCUT2D eigenvalue weighted by molar-refractivity contribution is 0.229. The fourth-order valence-corrected chi connectivity index (χ4v) is 3.53. The van der Waals surface area contributed by atoms with Gasteiger partial charge in [0, 0.05) is 6.54 Å². The lowest BCUT2D eigenvalue weighted by Crippen LogP contribution is -2.17. The number of rotatable bonds is 4. The van der Waals surface area contributed by atoms with Crippen LogP contribution in [0.2, 0.25) is 0 Å². The molecular formula is C12H17NO3S. The standard InChI is InChI=1S/C12H17NO3S/c1-13-8-10-2-4-11(5-3-10)16-12-6-7-17(14,15)9-12/h2-5,12-13H,6-9H2,1H3. The molecule has 17 heavy (non-hydrogen) atoms. The van der Waals surface area contributed by atoms with Gasteiger partial charge in [0.05, 0.1) is 11.5 Å². The van der Waals surface area contributed by atoms with Crippen LogP contribution < -0.4 is 10.1 Å². The summed E-state index contributed by atoms with van der Waals surface area (Å²) in [6.45, 7) is 0.818. The molecule has 4 nitrogen and oxygen atoms in total. The molecule has 94 valence electrons. The van der Waals surface area contributed by atoms with E-state index in [1.54, 1.807) is 0 Å². The number of benzene rings is 1. The predicted molar refractivity (Wildman–Crippen MR) is 66.9 cm³/mol. The summed E-state index contributed by atoms with van der Waals surface area (Å²) in [5.41, 5.74) is 1.18. The lowest BCUT2D eigenvalue weighted by Gasteiger charge is -2.12. The van der Waals surface area contributed by atoms with Crippen LogP contribution in [0.15, 0.2) is 24.3 Å². The maximum atomic E-state index is 11.3. The van der Waals surface area contributed by atoms with Gasteiger partial charge in [-0.25, -0.2) is 8.42 Å². The average Bonchev–Trinajstić information content (AvgIpc) is 2.61. The van der Waals surface area contributed by atoms with E-state index >= 15 is 0 Å². The molecule has 0 aromatic heterocycles. The van der Waals surface area contributed by atoms with Crippen LogP contribution in [0, 0.1) is 0 Å². The monoisotopic (exact) mass is 255 g/mol.